The van der Waals surface area contributed by atoms with E-state index in [2.05, 4.69) is 4.98 Å². The molecule has 0 spiro atoms. The lowest BCUT2D eigenvalue weighted by Gasteiger charge is -2.31. The van der Waals surface area contributed by atoms with Crippen LogP contribution in [0.3, 0.4) is 0 Å². The van der Waals surface area contributed by atoms with Crippen LogP contribution in [0.1, 0.15) is 35.2 Å². The van der Waals surface area contributed by atoms with E-state index in [4.69, 9.17) is 44.3 Å². The summed E-state index contributed by atoms with van der Waals surface area (Å²) >= 11 is 19.0. The van der Waals surface area contributed by atoms with Gasteiger partial charge in [0, 0.05) is 31.4 Å². The number of methoxy groups -OCH3 is 2. The molecule has 0 unspecified atom stereocenters. The number of pyridine rings is 1. The van der Waals surface area contributed by atoms with Gasteiger partial charge in [-0.3, -0.25) is 9.78 Å². The predicted octanol–water partition coefficient (Wildman–Crippen LogP) is 5.28. The molecule has 1 amide bonds. The zero-order valence-electron chi connectivity index (χ0n) is 16.7. The van der Waals surface area contributed by atoms with Crippen LogP contribution in [0.25, 0.3) is 0 Å². The van der Waals surface area contributed by atoms with Gasteiger partial charge in [-0.1, -0.05) is 34.8 Å². The molecular weight excluding hydrogens is 435 g/mol. The number of carbonyl (C=O) groups excluding carboxylic acids is 1. The Hall–Kier alpha value is -1.69. The number of hydrogen-bond acceptors (Lipinski definition) is 4. The van der Waals surface area contributed by atoms with E-state index in [1.54, 1.807) is 6.20 Å². The highest BCUT2D eigenvalue weighted by Gasteiger charge is 2.29. The highest BCUT2D eigenvalue weighted by molar-refractivity contribution is 6.37. The Morgan fingerprint density at radius 1 is 1.14 bits per heavy atom. The van der Waals surface area contributed by atoms with Gasteiger partial charge < -0.3 is 14.4 Å². The van der Waals surface area contributed by atoms with Crippen molar-refractivity contribution in [3.8, 4) is 11.5 Å². The Balaban J connectivity index is 1.68. The number of nitrogens with zero attached hydrogens (tertiary/aromatic N) is 2. The quantitative estimate of drug-likeness (QED) is 0.592. The third kappa shape index (κ3) is 4.57. The third-order valence-corrected chi connectivity index (χ3v) is 6.20. The minimum absolute atomic E-state index is 0.0873. The molecule has 29 heavy (non-hydrogen) atoms. The monoisotopic (exact) mass is 456 g/mol. The minimum Gasteiger partial charge on any atom is -0.491 e. The summed E-state index contributed by atoms with van der Waals surface area (Å²) < 4.78 is 10.7. The largest absolute Gasteiger partial charge is 0.491 e. The number of fused-ring (bicyclic) bond motifs is 1. The zero-order chi connectivity index (χ0) is 21.1. The first-order valence-corrected chi connectivity index (χ1v) is 10.5. The van der Waals surface area contributed by atoms with Crippen molar-refractivity contribution in [3.63, 3.8) is 0 Å². The molecule has 1 aromatic heterocycles. The van der Waals surface area contributed by atoms with E-state index in [1.165, 1.54) is 14.2 Å². The van der Waals surface area contributed by atoms with Crippen LogP contribution in [0.15, 0.2) is 12.3 Å². The van der Waals surface area contributed by atoms with Crippen molar-refractivity contribution >= 4 is 40.7 Å². The molecule has 0 radical (unpaired) electrons. The molecule has 8 heteroatoms. The van der Waals surface area contributed by atoms with Crippen LogP contribution in [0.4, 0.5) is 0 Å². The molecular formula is C21H23Cl3N2O3. The van der Waals surface area contributed by atoms with Gasteiger partial charge in [-0.2, -0.15) is 0 Å². The number of benzene rings is 1. The lowest BCUT2D eigenvalue weighted by molar-refractivity contribution is -0.132. The lowest BCUT2D eigenvalue weighted by atomic mass is 9.97. The number of aryl methyl sites for hydroxylation is 2. The summed E-state index contributed by atoms with van der Waals surface area (Å²) in [7, 11) is 3.05. The van der Waals surface area contributed by atoms with Crippen LogP contribution in [0.2, 0.25) is 15.1 Å². The Labute approximate surface area is 185 Å². The van der Waals surface area contributed by atoms with Crippen molar-refractivity contribution in [2.24, 2.45) is 0 Å². The fourth-order valence-electron chi connectivity index (χ4n) is 3.65. The summed E-state index contributed by atoms with van der Waals surface area (Å²) in [6.07, 6.45) is 4.16. The van der Waals surface area contributed by atoms with Crippen LogP contribution < -0.4 is 9.47 Å². The summed E-state index contributed by atoms with van der Waals surface area (Å²) in [4.78, 5) is 18.9. The number of ether oxygens (including phenoxy) is 2. The summed E-state index contributed by atoms with van der Waals surface area (Å²) in [6, 6.07) is 1.89. The second-order valence-electron chi connectivity index (χ2n) is 6.99. The number of aromatic nitrogens is 1. The van der Waals surface area contributed by atoms with Gasteiger partial charge in [0.2, 0.25) is 5.91 Å². The fraction of sp³-hybridized carbons (Fsp3) is 0.429. The molecule has 1 aromatic carbocycles. The number of amides is 1. The van der Waals surface area contributed by atoms with E-state index in [0.29, 0.717) is 52.5 Å². The highest BCUT2D eigenvalue weighted by atomic mass is 35.5. The number of hydrogen-bond donors (Lipinski definition) is 0. The maximum absolute atomic E-state index is 12.8. The molecule has 0 N–H and O–H groups in total. The van der Waals surface area contributed by atoms with Crippen LogP contribution in [0, 0.1) is 6.92 Å². The molecule has 2 heterocycles. The van der Waals surface area contributed by atoms with Crippen LogP contribution in [0.5, 0.6) is 11.5 Å². The molecule has 0 fully saturated rings. The van der Waals surface area contributed by atoms with E-state index < -0.39 is 0 Å². The average molecular weight is 458 g/mol. The number of carbonyl (C=O) groups is 1. The number of halogens is 3. The Kier molecular flexibility index (Phi) is 7.14. The van der Waals surface area contributed by atoms with Gasteiger partial charge in [0.05, 0.1) is 29.3 Å². The summed E-state index contributed by atoms with van der Waals surface area (Å²) in [5.74, 6) is 0.921. The van der Waals surface area contributed by atoms with Gasteiger partial charge in [0.1, 0.15) is 0 Å². The highest BCUT2D eigenvalue weighted by Crippen LogP contribution is 2.47. The standard InChI is InChI=1S/C21H23Cl3N2O3/c1-12-9-13(22)10-25-16(12)5-4-6-17(27)26-8-7-14-15(11-26)19(24)21(29-3)20(28-2)18(14)23/h9-10H,4-8,11H2,1-3H3. The van der Waals surface area contributed by atoms with Crippen LogP contribution >= 0.6 is 34.8 Å². The van der Waals surface area contributed by atoms with E-state index in [1.807, 2.05) is 17.9 Å². The Bertz CT molecular complexity index is 934. The second-order valence-corrected chi connectivity index (χ2v) is 8.18. The van der Waals surface area contributed by atoms with Crippen molar-refractivity contribution in [3.05, 3.63) is 49.7 Å². The van der Waals surface area contributed by atoms with Crippen molar-refractivity contribution in [1.82, 2.24) is 9.88 Å². The molecule has 156 valence electrons. The van der Waals surface area contributed by atoms with Gasteiger partial charge in [-0.15, -0.1) is 0 Å². The van der Waals surface area contributed by atoms with Crippen molar-refractivity contribution in [2.75, 3.05) is 20.8 Å². The maximum Gasteiger partial charge on any atom is 0.222 e. The lowest BCUT2D eigenvalue weighted by Crippen LogP contribution is -2.36. The fourth-order valence-corrected chi connectivity index (χ4v) is 4.57. The summed E-state index contributed by atoms with van der Waals surface area (Å²) in [5, 5.41) is 1.57. The molecule has 0 saturated carbocycles. The topological polar surface area (TPSA) is 51.7 Å². The predicted molar refractivity (Wildman–Crippen MR) is 116 cm³/mol. The van der Waals surface area contributed by atoms with Crippen molar-refractivity contribution in [1.29, 1.82) is 0 Å². The molecule has 1 aliphatic heterocycles. The van der Waals surface area contributed by atoms with E-state index in [9.17, 15) is 4.79 Å². The zero-order valence-corrected chi connectivity index (χ0v) is 18.9. The third-order valence-electron chi connectivity index (χ3n) is 5.20. The normalized spacial score (nSPS) is 13.2. The average Bonchev–Trinajstić information content (AvgIpc) is 2.71. The molecule has 0 saturated heterocycles. The molecule has 0 bridgehead atoms. The molecule has 2 aromatic rings. The minimum atomic E-state index is 0.0873. The molecule has 1 aliphatic rings. The second kappa shape index (κ2) is 9.41. The number of rotatable bonds is 6. The van der Waals surface area contributed by atoms with Gasteiger partial charge >= 0.3 is 0 Å². The van der Waals surface area contributed by atoms with Crippen molar-refractivity contribution < 1.29 is 14.3 Å². The molecule has 0 aliphatic carbocycles. The maximum atomic E-state index is 12.8. The SMILES string of the molecule is COc1c(Cl)c2c(c(Cl)c1OC)CN(C(=O)CCCc1ncc(Cl)cc1C)CC2. The van der Waals surface area contributed by atoms with E-state index >= 15 is 0 Å². The first-order chi connectivity index (χ1) is 13.9. The van der Waals surface area contributed by atoms with Crippen LogP contribution in [-0.2, 0) is 24.2 Å². The summed E-state index contributed by atoms with van der Waals surface area (Å²) in [6.45, 7) is 2.98. The van der Waals surface area contributed by atoms with E-state index in [0.717, 1.165) is 35.2 Å². The van der Waals surface area contributed by atoms with E-state index in [-0.39, 0.29) is 5.91 Å². The molecule has 3 rings (SSSR count). The first kappa shape index (κ1) is 22.0. The van der Waals surface area contributed by atoms with Gasteiger partial charge in [0.25, 0.3) is 0 Å². The van der Waals surface area contributed by atoms with Gasteiger partial charge in [0.15, 0.2) is 11.5 Å². The van der Waals surface area contributed by atoms with Gasteiger partial charge in [-0.25, -0.2) is 0 Å². The Morgan fingerprint density at radius 3 is 2.41 bits per heavy atom. The first-order valence-electron chi connectivity index (χ1n) is 9.36. The molecule has 0 atom stereocenters. The van der Waals surface area contributed by atoms with Crippen LogP contribution in [-0.4, -0.2) is 36.6 Å². The smallest absolute Gasteiger partial charge is 0.222 e. The molecule has 5 nitrogen and oxygen atoms in total. The van der Waals surface area contributed by atoms with Gasteiger partial charge in [-0.05, 0) is 48.9 Å². The Morgan fingerprint density at radius 2 is 1.79 bits per heavy atom. The summed E-state index contributed by atoms with van der Waals surface area (Å²) in [5.41, 5.74) is 3.75. The van der Waals surface area contributed by atoms with Crippen molar-refractivity contribution in [2.45, 2.75) is 39.2 Å².